The van der Waals surface area contributed by atoms with Crippen LogP contribution in [0.2, 0.25) is 0 Å². The average Bonchev–Trinajstić information content (AvgIpc) is 3.28. The summed E-state index contributed by atoms with van der Waals surface area (Å²) in [7, 11) is 0. The van der Waals surface area contributed by atoms with Crippen LogP contribution in [0.5, 0.6) is 0 Å². The Morgan fingerprint density at radius 3 is 2.57 bits per heavy atom. The lowest BCUT2D eigenvalue weighted by atomic mass is 10.1. The molecule has 1 amide bonds. The SMILES string of the molecule is CCNC(=O)CNCCCn1c(-c2ccc(N3CCOCC3)cc2)csc1=Nc1ccc(F)cc1. The molecule has 0 aliphatic carbocycles. The van der Waals surface area contributed by atoms with Crippen molar-refractivity contribution in [3.63, 3.8) is 0 Å². The second-order valence-corrected chi connectivity index (χ2v) is 9.11. The normalized spacial score (nSPS) is 14.3. The van der Waals surface area contributed by atoms with Crippen LogP contribution >= 0.6 is 11.3 Å². The van der Waals surface area contributed by atoms with Crippen LogP contribution in [0.1, 0.15) is 13.3 Å². The van der Waals surface area contributed by atoms with Gasteiger partial charge in [0.15, 0.2) is 4.80 Å². The van der Waals surface area contributed by atoms with Crippen LogP contribution in [-0.2, 0) is 16.1 Å². The van der Waals surface area contributed by atoms with Crippen molar-refractivity contribution >= 4 is 28.6 Å². The van der Waals surface area contributed by atoms with E-state index in [1.54, 1.807) is 23.5 Å². The largest absolute Gasteiger partial charge is 0.378 e. The molecule has 186 valence electrons. The van der Waals surface area contributed by atoms with E-state index in [9.17, 15) is 9.18 Å². The van der Waals surface area contributed by atoms with Crippen LogP contribution in [0, 0.1) is 5.82 Å². The number of thiazole rings is 1. The summed E-state index contributed by atoms with van der Waals surface area (Å²) in [6.07, 6.45) is 0.839. The number of carbonyl (C=O) groups excluding carboxylic acids is 1. The van der Waals surface area contributed by atoms with Gasteiger partial charge in [-0.05, 0) is 61.9 Å². The number of likely N-dealkylation sites (N-methyl/N-ethyl adjacent to an activating group) is 1. The number of halogens is 1. The maximum atomic E-state index is 13.4. The number of benzene rings is 2. The highest BCUT2D eigenvalue weighted by atomic mass is 32.1. The summed E-state index contributed by atoms with van der Waals surface area (Å²) in [5.74, 6) is -0.272. The first-order valence-corrected chi connectivity index (χ1v) is 12.9. The average molecular weight is 498 g/mol. The standard InChI is InChI=1S/C26H32FN5O2S/c1-2-29-25(33)18-28-12-3-13-32-24(19-35-26(32)30-22-8-6-21(27)7-9-22)20-4-10-23(11-5-20)31-14-16-34-17-15-31/h4-11,19,28H,2-3,12-18H2,1H3,(H,29,33). The Hall–Kier alpha value is -3.01. The zero-order chi connectivity index (χ0) is 24.5. The summed E-state index contributed by atoms with van der Waals surface area (Å²) in [6.45, 7) is 7.63. The van der Waals surface area contributed by atoms with Gasteiger partial charge in [-0.1, -0.05) is 12.1 Å². The Balaban J connectivity index is 1.53. The minimum absolute atomic E-state index is 0.00346. The molecule has 0 spiro atoms. The molecule has 1 fully saturated rings. The fraction of sp³-hybridized carbons (Fsp3) is 0.385. The van der Waals surface area contributed by atoms with E-state index in [0.29, 0.717) is 25.3 Å². The first kappa shape index (κ1) is 25.1. The molecule has 1 aromatic heterocycles. The second-order valence-electron chi connectivity index (χ2n) is 8.27. The van der Waals surface area contributed by atoms with E-state index in [2.05, 4.69) is 49.7 Å². The molecule has 0 unspecified atom stereocenters. The number of aromatic nitrogens is 1. The predicted octanol–water partition coefficient (Wildman–Crippen LogP) is 3.54. The van der Waals surface area contributed by atoms with E-state index >= 15 is 0 Å². The molecule has 3 aromatic rings. The third-order valence-corrected chi connectivity index (χ3v) is 6.65. The summed E-state index contributed by atoms with van der Waals surface area (Å²) in [4.78, 5) is 19.6. The van der Waals surface area contributed by atoms with Crippen LogP contribution in [0.25, 0.3) is 11.3 Å². The van der Waals surface area contributed by atoms with Gasteiger partial charge in [0.25, 0.3) is 0 Å². The minimum Gasteiger partial charge on any atom is -0.378 e. The summed E-state index contributed by atoms with van der Waals surface area (Å²) >= 11 is 1.57. The van der Waals surface area contributed by atoms with E-state index in [0.717, 1.165) is 55.3 Å². The molecule has 1 aliphatic rings. The van der Waals surface area contributed by atoms with E-state index in [1.165, 1.54) is 17.8 Å². The summed E-state index contributed by atoms with van der Waals surface area (Å²) < 4.78 is 21.0. The number of rotatable bonds is 10. The molecule has 0 saturated carbocycles. The smallest absolute Gasteiger partial charge is 0.233 e. The molecule has 9 heteroatoms. The molecule has 7 nitrogen and oxygen atoms in total. The van der Waals surface area contributed by atoms with Crippen molar-refractivity contribution in [2.45, 2.75) is 19.9 Å². The molecule has 2 aromatic carbocycles. The lowest BCUT2D eigenvalue weighted by molar-refractivity contribution is -0.120. The van der Waals surface area contributed by atoms with Crippen molar-refractivity contribution in [3.05, 3.63) is 64.5 Å². The third kappa shape index (κ3) is 7.00. The first-order chi connectivity index (χ1) is 17.1. The van der Waals surface area contributed by atoms with Crippen molar-refractivity contribution < 1.29 is 13.9 Å². The molecule has 2 N–H and O–H groups in total. The lowest BCUT2D eigenvalue weighted by Gasteiger charge is -2.28. The molecule has 1 aliphatic heterocycles. The van der Waals surface area contributed by atoms with E-state index in [4.69, 9.17) is 9.73 Å². The van der Waals surface area contributed by atoms with Crippen LogP contribution in [0.15, 0.2) is 58.9 Å². The quantitative estimate of drug-likeness (QED) is 0.421. The van der Waals surface area contributed by atoms with Gasteiger partial charge >= 0.3 is 0 Å². The fourth-order valence-electron chi connectivity index (χ4n) is 3.98. The highest BCUT2D eigenvalue weighted by Gasteiger charge is 2.13. The number of amides is 1. The van der Waals surface area contributed by atoms with E-state index in [-0.39, 0.29) is 11.7 Å². The monoisotopic (exact) mass is 497 g/mol. The molecule has 1 saturated heterocycles. The number of ether oxygens (including phenoxy) is 1. The Morgan fingerprint density at radius 1 is 1.11 bits per heavy atom. The third-order valence-electron chi connectivity index (χ3n) is 5.78. The predicted molar refractivity (Wildman–Crippen MR) is 139 cm³/mol. The summed E-state index contributed by atoms with van der Waals surface area (Å²) in [5, 5.41) is 8.11. The van der Waals surface area contributed by atoms with Crippen molar-refractivity contribution in [3.8, 4) is 11.3 Å². The number of carbonyl (C=O) groups is 1. The number of nitrogens with zero attached hydrogens (tertiary/aromatic N) is 3. The molecule has 0 atom stereocenters. The first-order valence-electron chi connectivity index (χ1n) is 12.0. The molecule has 4 rings (SSSR count). The van der Waals surface area contributed by atoms with Crippen molar-refractivity contribution in [2.24, 2.45) is 4.99 Å². The molecule has 35 heavy (non-hydrogen) atoms. The lowest BCUT2D eigenvalue weighted by Crippen LogP contribution is -2.36. The number of anilines is 1. The number of hydrogen-bond donors (Lipinski definition) is 2. The Morgan fingerprint density at radius 2 is 1.86 bits per heavy atom. The number of hydrogen-bond acceptors (Lipinski definition) is 6. The zero-order valence-corrected chi connectivity index (χ0v) is 20.8. The fourth-order valence-corrected chi connectivity index (χ4v) is 4.94. The van der Waals surface area contributed by atoms with Crippen molar-refractivity contribution in [1.29, 1.82) is 0 Å². The van der Waals surface area contributed by atoms with Gasteiger partial charge in [0.2, 0.25) is 5.91 Å². The Bertz CT molecular complexity index is 1150. The van der Waals surface area contributed by atoms with Gasteiger partial charge in [-0.3, -0.25) is 4.79 Å². The molecule has 2 heterocycles. The van der Waals surface area contributed by atoms with Crippen LogP contribution in [0.4, 0.5) is 15.8 Å². The summed E-state index contributed by atoms with van der Waals surface area (Å²) in [6, 6.07) is 14.8. The topological polar surface area (TPSA) is 70.9 Å². The van der Waals surface area contributed by atoms with Gasteiger partial charge in [-0.25, -0.2) is 9.38 Å². The Labute approximate surface area is 209 Å². The van der Waals surface area contributed by atoms with Gasteiger partial charge in [0.1, 0.15) is 5.82 Å². The zero-order valence-electron chi connectivity index (χ0n) is 20.0. The number of nitrogens with one attached hydrogen (secondary N) is 2. The molecular formula is C26H32FN5O2S. The van der Waals surface area contributed by atoms with E-state index < -0.39 is 0 Å². The molecule has 0 bridgehead atoms. The second kappa shape index (κ2) is 12.6. The van der Waals surface area contributed by atoms with Gasteiger partial charge in [0.05, 0.1) is 31.1 Å². The van der Waals surface area contributed by atoms with Gasteiger partial charge in [0, 0.05) is 37.2 Å². The van der Waals surface area contributed by atoms with Crippen molar-refractivity contribution in [2.75, 3.05) is 50.8 Å². The van der Waals surface area contributed by atoms with Gasteiger partial charge in [-0.15, -0.1) is 11.3 Å². The molecular weight excluding hydrogens is 465 g/mol. The summed E-state index contributed by atoms with van der Waals surface area (Å²) in [5.41, 5.74) is 4.12. The maximum absolute atomic E-state index is 13.4. The highest BCUT2D eigenvalue weighted by molar-refractivity contribution is 7.07. The van der Waals surface area contributed by atoms with Crippen LogP contribution < -0.4 is 20.3 Å². The van der Waals surface area contributed by atoms with Crippen LogP contribution in [-0.4, -0.2) is 56.4 Å². The van der Waals surface area contributed by atoms with Crippen molar-refractivity contribution in [1.82, 2.24) is 15.2 Å². The number of morpholine rings is 1. The highest BCUT2D eigenvalue weighted by Crippen LogP contribution is 2.25. The van der Waals surface area contributed by atoms with Gasteiger partial charge < -0.3 is 24.8 Å². The minimum atomic E-state index is -0.276. The molecule has 0 radical (unpaired) electrons. The van der Waals surface area contributed by atoms with Gasteiger partial charge in [-0.2, -0.15) is 0 Å². The van der Waals surface area contributed by atoms with Crippen LogP contribution in [0.3, 0.4) is 0 Å². The van der Waals surface area contributed by atoms with E-state index in [1.807, 2.05) is 6.92 Å². The Kier molecular flexibility index (Phi) is 9.05. The maximum Gasteiger partial charge on any atom is 0.233 e.